The third-order valence-corrected chi connectivity index (χ3v) is 4.69. The van der Waals surface area contributed by atoms with Crippen molar-refractivity contribution < 1.29 is 0 Å². The van der Waals surface area contributed by atoms with Gasteiger partial charge in [-0.2, -0.15) is 5.10 Å². The lowest BCUT2D eigenvalue weighted by Crippen LogP contribution is -2.32. The van der Waals surface area contributed by atoms with Crippen LogP contribution in [0.3, 0.4) is 0 Å². The summed E-state index contributed by atoms with van der Waals surface area (Å²) in [6, 6.07) is 4.84. The molecule has 2 atom stereocenters. The molecule has 0 spiro atoms. The molecule has 2 N–H and O–H groups in total. The first-order valence-electron chi connectivity index (χ1n) is 6.65. The average Bonchev–Trinajstić information content (AvgIpc) is 3.09. The van der Waals surface area contributed by atoms with Gasteiger partial charge in [0.2, 0.25) is 0 Å². The van der Waals surface area contributed by atoms with Crippen molar-refractivity contribution in [1.82, 2.24) is 14.7 Å². The minimum absolute atomic E-state index is 0.206. The zero-order chi connectivity index (χ0) is 13.8. The predicted molar refractivity (Wildman–Crippen MR) is 80.2 cm³/mol. The number of likely N-dealkylation sites (N-methyl/N-ethyl adjacent to an activating group) is 1. The monoisotopic (exact) mass is 278 g/mol. The van der Waals surface area contributed by atoms with Crippen molar-refractivity contribution in [3.8, 4) is 0 Å². The summed E-state index contributed by atoms with van der Waals surface area (Å²) in [6.07, 6.45) is 4.02. The summed E-state index contributed by atoms with van der Waals surface area (Å²) in [6.45, 7) is 5.80. The molecule has 2 rings (SSSR count). The summed E-state index contributed by atoms with van der Waals surface area (Å²) in [7, 11) is 2.13. The van der Waals surface area contributed by atoms with E-state index in [9.17, 15) is 0 Å². The number of nitrogens with zero attached hydrogens (tertiary/aromatic N) is 3. The van der Waals surface area contributed by atoms with Crippen LogP contribution < -0.4 is 5.73 Å². The normalized spacial score (nSPS) is 14.8. The Morgan fingerprint density at radius 3 is 2.84 bits per heavy atom. The van der Waals surface area contributed by atoms with Gasteiger partial charge in [0.15, 0.2) is 0 Å². The molecular formula is C14H22N4S. The fourth-order valence-electron chi connectivity index (χ4n) is 2.26. The molecule has 2 unspecified atom stereocenters. The van der Waals surface area contributed by atoms with Gasteiger partial charge in [0, 0.05) is 35.8 Å². The summed E-state index contributed by atoms with van der Waals surface area (Å²) >= 11 is 1.79. The number of aryl methyl sites for hydroxylation is 1. The molecule has 0 aliphatic heterocycles. The van der Waals surface area contributed by atoms with Crippen LogP contribution in [0.5, 0.6) is 0 Å². The zero-order valence-electron chi connectivity index (χ0n) is 11.8. The van der Waals surface area contributed by atoms with E-state index in [2.05, 4.69) is 54.6 Å². The van der Waals surface area contributed by atoms with E-state index >= 15 is 0 Å². The molecule has 0 radical (unpaired) electrons. The summed E-state index contributed by atoms with van der Waals surface area (Å²) < 4.78 is 1.95. The maximum atomic E-state index is 5.97. The lowest BCUT2D eigenvalue weighted by molar-refractivity contribution is 0.192. The smallest absolute Gasteiger partial charge is 0.0538 e. The Morgan fingerprint density at radius 1 is 1.53 bits per heavy atom. The van der Waals surface area contributed by atoms with Gasteiger partial charge in [0.1, 0.15) is 0 Å². The highest BCUT2D eigenvalue weighted by Gasteiger charge is 2.23. The molecule has 0 saturated heterocycles. The zero-order valence-corrected chi connectivity index (χ0v) is 12.6. The molecule has 104 valence electrons. The average molecular weight is 278 g/mol. The van der Waals surface area contributed by atoms with Crippen LogP contribution in [0.2, 0.25) is 0 Å². The first kappa shape index (κ1) is 14.2. The van der Waals surface area contributed by atoms with E-state index in [-0.39, 0.29) is 6.04 Å². The van der Waals surface area contributed by atoms with E-state index < -0.39 is 0 Å². The highest BCUT2D eigenvalue weighted by molar-refractivity contribution is 7.10. The van der Waals surface area contributed by atoms with Gasteiger partial charge >= 0.3 is 0 Å². The van der Waals surface area contributed by atoms with Crippen molar-refractivity contribution in [3.63, 3.8) is 0 Å². The Balaban J connectivity index is 2.16. The van der Waals surface area contributed by atoms with Crippen LogP contribution in [0, 0.1) is 0 Å². The quantitative estimate of drug-likeness (QED) is 0.883. The summed E-state index contributed by atoms with van der Waals surface area (Å²) in [5.74, 6) is 0. The van der Waals surface area contributed by atoms with Crippen LogP contribution >= 0.6 is 11.3 Å². The molecule has 2 aromatic heterocycles. The summed E-state index contributed by atoms with van der Waals surface area (Å²) in [5, 5.41) is 6.46. The fourth-order valence-corrected chi connectivity index (χ4v) is 3.10. The van der Waals surface area contributed by atoms with Crippen molar-refractivity contribution in [2.75, 3.05) is 13.6 Å². The van der Waals surface area contributed by atoms with Gasteiger partial charge in [-0.15, -0.1) is 11.3 Å². The van der Waals surface area contributed by atoms with Crippen LogP contribution in [-0.2, 0) is 6.54 Å². The Bertz CT molecular complexity index is 491. The van der Waals surface area contributed by atoms with E-state index in [1.165, 1.54) is 10.4 Å². The first-order chi connectivity index (χ1) is 9.17. The lowest BCUT2D eigenvalue weighted by Gasteiger charge is -2.31. The maximum absolute atomic E-state index is 5.97. The third kappa shape index (κ3) is 3.05. The molecule has 2 heterocycles. The highest BCUT2D eigenvalue weighted by Crippen LogP contribution is 2.30. The second kappa shape index (κ2) is 6.32. The van der Waals surface area contributed by atoms with Crippen molar-refractivity contribution in [3.05, 3.63) is 40.3 Å². The maximum Gasteiger partial charge on any atom is 0.0538 e. The molecule has 0 bridgehead atoms. The Hall–Kier alpha value is -1.17. The number of aromatic nitrogens is 2. The fraction of sp³-hybridized carbons (Fsp3) is 0.500. The van der Waals surface area contributed by atoms with Gasteiger partial charge in [-0.05, 0) is 32.3 Å². The van der Waals surface area contributed by atoms with Gasteiger partial charge in [0.05, 0.1) is 12.2 Å². The lowest BCUT2D eigenvalue weighted by atomic mass is 10.1. The van der Waals surface area contributed by atoms with Crippen LogP contribution in [-0.4, -0.2) is 28.3 Å². The molecule has 0 aliphatic carbocycles. The minimum atomic E-state index is 0.206. The van der Waals surface area contributed by atoms with E-state index in [1.807, 2.05) is 10.9 Å². The van der Waals surface area contributed by atoms with E-state index in [0.29, 0.717) is 12.6 Å². The Morgan fingerprint density at radius 2 is 2.32 bits per heavy atom. The molecule has 2 aromatic rings. The van der Waals surface area contributed by atoms with Crippen LogP contribution in [0.25, 0.3) is 0 Å². The van der Waals surface area contributed by atoms with E-state index in [0.717, 1.165) is 6.54 Å². The van der Waals surface area contributed by atoms with E-state index in [4.69, 9.17) is 5.73 Å². The van der Waals surface area contributed by atoms with Gasteiger partial charge in [0.25, 0.3) is 0 Å². The molecule has 4 nitrogen and oxygen atoms in total. The number of nitrogens with two attached hydrogens (primary N) is 1. The Kier molecular flexibility index (Phi) is 4.74. The van der Waals surface area contributed by atoms with Gasteiger partial charge in [-0.25, -0.2) is 0 Å². The first-order valence-corrected chi connectivity index (χ1v) is 7.53. The number of rotatable bonds is 6. The van der Waals surface area contributed by atoms with Gasteiger partial charge in [-0.3, -0.25) is 9.58 Å². The molecule has 0 saturated carbocycles. The van der Waals surface area contributed by atoms with Crippen molar-refractivity contribution in [2.45, 2.75) is 32.5 Å². The number of hydrogen-bond acceptors (Lipinski definition) is 4. The van der Waals surface area contributed by atoms with Crippen LogP contribution in [0.1, 0.15) is 36.4 Å². The third-order valence-electron chi connectivity index (χ3n) is 3.64. The second-order valence-corrected chi connectivity index (χ2v) is 5.72. The summed E-state index contributed by atoms with van der Waals surface area (Å²) in [4.78, 5) is 3.69. The largest absolute Gasteiger partial charge is 0.329 e. The van der Waals surface area contributed by atoms with Crippen molar-refractivity contribution in [2.24, 2.45) is 5.73 Å². The molecule has 19 heavy (non-hydrogen) atoms. The molecule has 0 aromatic carbocycles. The van der Waals surface area contributed by atoms with Gasteiger partial charge < -0.3 is 5.73 Å². The molecule has 0 aliphatic rings. The predicted octanol–water partition coefficient (Wildman–Crippen LogP) is 2.66. The van der Waals surface area contributed by atoms with Crippen molar-refractivity contribution >= 4 is 11.3 Å². The summed E-state index contributed by atoms with van der Waals surface area (Å²) in [5.41, 5.74) is 7.16. The molecule has 0 fully saturated rings. The minimum Gasteiger partial charge on any atom is -0.329 e. The van der Waals surface area contributed by atoms with Crippen molar-refractivity contribution in [1.29, 1.82) is 0 Å². The van der Waals surface area contributed by atoms with Crippen LogP contribution in [0.15, 0.2) is 29.9 Å². The Labute approximate surface area is 118 Å². The van der Waals surface area contributed by atoms with E-state index in [1.54, 1.807) is 11.3 Å². The standard InChI is InChI=1S/C14H22N4S/c1-4-18-10-12(9-16-18)13(8-15)17(3)11(2)14-6-5-7-19-14/h5-7,9-11,13H,4,8,15H2,1-3H3. The highest BCUT2D eigenvalue weighted by atomic mass is 32.1. The molecule has 0 amide bonds. The van der Waals surface area contributed by atoms with Crippen LogP contribution in [0.4, 0.5) is 0 Å². The second-order valence-electron chi connectivity index (χ2n) is 4.74. The van der Waals surface area contributed by atoms with Gasteiger partial charge in [-0.1, -0.05) is 6.07 Å². The number of thiophene rings is 1. The number of hydrogen-bond donors (Lipinski definition) is 1. The topological polar surface area (TPSA) is 47.1 Å². The molecule has 5 heteroatoms. The molecular weight excluding hydrogens is 256 g/mol. The SMILES string of the molecule is CCn1cc(C(CN)N(C)C(C)c2cccs2)cn1.